The minimum Gasteiger partial charge on any atom is -0.496 e. The molecular weight excluding hydrogens is 531 g/mol. The molecular formula is C26H27ClF3NO7. The molecule has 8 nitrogen and oxygen atoms in total. The number of methoxy groups -OCH3 is 2. The first-order valence-corrected chi connectivity index (χ1v) is 11.9. The highest BCUT2D eigenvalue weighted by Crippen LogP contribution is 2.48. The fourth-order valence-electron chi connectivity index (χ4n) is 4.60. The van der Waals surface area contributed by atoms with Crippen molar-refractivity contribution in [2.24, 2.45) is 0 Å². The van der Waals surface area contributed by atoms with E-state index in [9.17, 15) is 27.6 Å². The summed E-state index contributed by atoms with van der Waals surface area (Å²) in [6, 6.07) is 3.97. The summed E-state index contributed by atoms with van der Waals surface area (Å²) in [5.74, 6) is -2.62. The molecule has 2 aromatic carbocycles. The Morgan fingerprint density at radius 1 is 1.11 bits per heavy atom. The summed E-state index contributed by atoms with van der Waals surface area (Å²) in [6.45, 7) is 3.10. The summed E-state index contributed by atoms with van der Waals surface area (Å²) >= 11 is 5.96. The van der Waals surface area contributed by atoms with Gasteiger partial charge >= 0.3 is 18.1 Å². The van der Waals surface area contributed by atoms with Crippen LogP contribution < -0.4 is 14.2 Å². The summed E-state index contributed by atoms with van der Waals surface area (Å²) in [5, 5.41) is -0.834. The van der Waals surface area contributed by atoms with Gasteiger partial charge < -0.3 is 18.9 Å². The third-order valence-electron chi connectivity index (χ3n) is 6.41. The molecule has 0 unspecified atom stereocenters. The maximum atomic E-state index is 13.4. The lowest BCUT2D eigenvalue weighted by Crippen LogP contribution is -2.34. The lowest BCUT2D eigenvalue weighted by Gasteiger charge is -2.28. The molecule has 206 valence electrons. The average Bonchev–Trinajstić information content (AvgIpc) is 3.20. The monoisotopic (exact) mass is 557 g/mol. The summed E-state index contributed by atoms with van der Waals surface area (Å²) in [6.07, 6.45) is -4.29. The van der Waals surface area contributed by atoms with Crippen LogP contribution >= 0.6 is 11.6 Å². The SMILES string of the molecule is COc1cc(OC)c([C@H]2CCN(C)[C@@H]2COC(C)=O)c(OC(=O)c2cccc(C(F)(F)F)c2Cl)c1C(C)=O. The number of carbonyl (C=O) groups excluding carboxylic acids is 3. The van der Waals surface area contributed by atoms with E-state index < -0.39 is 46.0 Å². The summed E-state index contributed by atoms with van der Waals surface area (Å²) in [4.78, 5) is 39.5. The molecule has 38 heavy (non-hydrogen) atoms. The van der Waals surface area contributed by atoms with Gasteiger partial charge in [0.15, 0.2) is 11.5 Å². The molecule has 2 atom stereocenters. The number of Topliss-reactive ketones (excluding diaryl/α,β-unsaturated/α-hetero) is 1. The maximum Gasteiger partial charge on any atom is 0.417 e. The molecule has 0 aromatic heterocycles. The Balaban J connectivity index is 2.22. The van der Waals surface area contributed by atoms with E-state index >= 15 is 0 Å². The number of likely N-dealkylation sites (tertiary alicyclic amines) is 1. The molecule has 0 radical (unpaired) electrons. The van der Waals surface area contributed by atoms with Crippen molar-refractivity contribution in [3.8, 4) is 17.2 Å². The maximum absolute atomic E-state index is 13.4. The van der Waals surface area contributed by atoms with Crippen molar-refractivity contribution in [1.29, 1.82) is 0 Å². The Labute approximate surface area is 222 Å². The van der Waals surface area contributed by atoms with E-state index in [4.69, 9.17) is 30.5 Å². The van der Waals surface area contributed by atoms with E-state index in [1.807, 2.05) is 11.9 Å². The highest BCUT2D eigenvalue weighted by Gasteiger charge is 2.40. The van der Waals surface area contributed by atoms with Crippen molar-refractivity contribution >= 4 is 29.3 Å². The molecule has 1 heterocycles. The van der Waals surface area contributed by atoms with Crippen LogP contribution in [-0.4, -0.2) is 63.1 Å². The van der Waals surface area contributed by atoms with Gasteiger partial charge in [0.05, 0.1) is 36.4 Å². The summed E-state index contributed by atoms with van der Waals surface area (Å²) in [7, 11) is 4.51. The predicted molar refractivity (Wildman–Crippen MR) is 131 cm³/mol. The number of alkyl halides is 3. The molecule has 0 bridgehead atoms. The van der Waals surface area contributed by atoms with E-state index in [0.717, 1.165) is 18.2 Å². The van der Waals surface area contributed by atoms with Gasteiger partial charge in [-0.3, -0.25) is 14.5 Å². The van der Waals surface area contributed by atoms with Crippen molar-refractivity contribution in [2.45, 2.75) is 38.4 Å². The molecule has 0 aliphatic carbocycles. The predicted octanol–water partition coefficient (Wildman–Crippen LogP) is 5.15. The Hall–Kier alpha value is -3.31. The molecule has 1 saturated heterocycles. The molecule has 0 N–H and O–H groups in total. The Morgan fingerprint density at radius 2 is 1.76 bits per heavy atom. The number of rotatable bonds is 8. The van der Waals surface area contributed by atoms with Crippen LogP contribution in [-0.2, 0) is 15.7 Å². The number of carbonyl (C=O) groups is 3. The number of ketones is 1. The molecule has 3 rings (SSSR count). The fraction of sp³-hybridized carbons (Fsp3) is 0.423. The first kappa shape index (κ1) is 29.2. The van der Waals surface area contributed by atoms with Crippen LogP contribution in [0, 0.1) is 0 Å². The Kier molecular flexibility index (Phi) is 8.94. The van der Waals surface area contributed by atoms with Crippen LogP contribution in [0.2, 0.25) is 5.02 Å². The van der Waals surface area contributed by atoms with E-state index in [2.05, 4.69) is 0 Å². The number of hydrogen-bond donors (Lipinski definition) is 0. The van der Waals surface area contributed by atoms with Gasteiger partial charge in [0.25, 0.3) is 0 Å². The third kappa shape index (κ3) is 5.88. The summed E-state index contributed by atoms with van der Waals surface area (Å²) in [5.41, 5.74) is -1.52. The number of likely N-dealkylation sites (N-methyl/N-ethyl adjacent to an activating group) is 1. The average molecular weight is 558 g/mol. The zero-order valence-electron chi connectivity index (χ0n) is 21.4. The van der Waals surface area contributed by atoms with Gasteiger partial charge in [0.2, 0.25) is 0 Å². The minimum absolute atomic E-state index is 0.00787. The normalized spacial score (nSPS) is 17.7. The number of benzene rings is 2. The first-order valence-electron chi connectivity index (χ1n) is 11.5. The fourth-order valence-corrected chi connectivity index (χ4v) is 4.91. The lowest BCUT2D eigenvalue weighted by atomic mass is 9.87. The van der Waals surface area contributed by atoms with Gasteiger partial charge in [-0.05, 0) is 39.1 Å². The molecule has 2 aromatic rings. The second-order valence-corrected chi connectivity index (χ2v) is 9.13. The molecule has 0 saturated carbocycles. The molecule has 0 amide bonds. The highest BCUT2D eigenvalue weighted by molar-refractivity contribution is 6.34. The smallest absolute Gasteiger partial charge is 0.417 e. The van der Waals surface area contributed by atoms with E-state index in [1.54, 1.807) is 0 Å². The van der Waals surface area contributed by atoms with Gasteiger partial charge in [0, 0.05) is 24.5 Å². The molecule has 0 spiro atoms. The highest BCUT2D eigenvalue weighted by atomic mass is 35.5. The molecule has 12 heteroatoms. The van der Waals surface area contributed by atoms with Crippen LogP contribution in [0.15, 0.2) is 24.3 Å². The van der Waals surface area contributed by atoms with Crippen LogP contribution in [0.4, 0.5) is 13.2 Å². The topological polar surface area (TPSA) is 91.4 Å². The van der Waals surface area contributed by atoms with Gasteiger partial charge in [0.1, 0.15) is 23.7 Å². The van der Waals surface area contributed by atoms with Crippen molar-refractivity contribution in [1.82, 2.24) is 4.90 Å². The van der Waals surface area contributed by atoms with Gasteiger partial charge in [-0.1, -0.05) is 17.7 Å². The van der Waals surface area contributed by atoms with Crippen molar-refractivity contribution in [2.75, 3.05) is 34.4 Å². The largest absolute Gasteiger partial charge is 0.496 e. The lowest BCUT2D eigenvalue weighted by molar-refractivity contribution is -0.142. The van der Waals surface area contributed by atoms with Crippen molar-refractivity contribution in [3.05, 3.63) is 51.5 Å². The quantitative estimate of drug-likeness (QED) is 0.250. The van der Waals surface area contributed by atoms with Gasteiger partial charge in [-0.2, -0.15) is 13.2 Å². The van der Waals surface area contributed by atoms with Crippen LogP contribution in [0.5, 0.6) is 17.2 Å². The van der Waals surface area contributed by atoms with Gasteiger partial charge in [-0.25, -0.2) is 4.79 Å². The first-order chi connectivity index (χ1) is 17.8. The zero-order chi connectivity index (χ0) is 28.4. The molecule has 1 aliphatic rings. The van der Waals surface area contributed by atoms with Crippen molar-refractivity contribution < 1.29 is 46.5 Å². The Morgan fingerprint density at radius 3 is 2.32 bits per heavy atom. The second-order valence-electron chi connectivity index (χ2n) is 8.76. The third-order valence-corrected chi connectivity index (χ3v) is 6.82. The number of halogens is 4. The van der Waals surface area contributed by atoms with Crippen molar-refractivity contribution in [3.63, 3.8) is 0 Å². The number of hydrogen-bond acceptors (Lipinski definition) is 8. The second kappa shape index (κ2) is 11.6. The Bertz CT molecular complexity index is 1250. The standard InChI is InChI=1S/C26H27ClF3NO7/c1-13(32)21-19(35-4)11-20(36-5)22(15-9-10-31(3)18(15)12-37-14(2)33)24(21)38-25(34)16-7-6-8-17(23(16)27)26(28,29)30/h6-8,11,15,18H,9-10,12H2,1-5H3/t15-,18+/m0/s1. The number of nitrogens with zero attached hydrogens (tertiary/aromatic N) is 1. The molecule has 1 aliphatic heterocycles. The molecule has 1 fully saturated rings. The number of esters is 2. The van der Waals surface area contributed by atoms with E-state index in [1.165, 1.54) is 34.1 Å². The van der Waals surface area contributed by atoms with Gasteiger partial charge in [-0.15, -0.1) is 0 Å². The number of ether oxygens (including phenoxy) is 4. The van der Waals surface area contributed by atoms with E-state index in [0.29, 0.717) is 18.5 Å². The summed E-state index contributed by atoms with van der Waals surface area (Å²) < 4.78 is 62.1. The van der Waals surface area contributed by atoms with Crippen LogP contribution in [0.1, 0.15) is 58.0 Å². The minimum atomic E-state index is -4.80. The van der Waals surface area contributed by atoms with E-state index in [-0.39, 0.29) is 35.5 Å². The van der Waals surface area contributed by atoms with Crippen LogP contribution in [0.3, 0.4) is 0 Å². The van der Waals surface area contributed by atoms with Crippen LogP contribution in [0.25, 0.3) is 0 Å². The zero-order valence-corrected chi connectivity index (χ0v) is 22.2.